The summed E-state index contributed by atoms with van der Waals surface area (Å²) in [5, 5.41) is 5.68. The molecular formula is C11H17N3O2. The number of oxazole rings is 1. The first-order valence-corrected chi connectivity index (χ1v) is 5.47. The lowest BCUT2D eigenvalue weighted by atomic mass is 9.93. The second-order valence-corrected chi connectivity index (χ2v) is 5.07. The van der Waals surface area contributed by atoms with Gasteiger partial charge in [-0.15, -0.1) is 0 Å². The second kappa shape index (κ2) is 3.90. The van der Waals surface area contributed by atoms with E-state index in [2.05, 4.69) is 15.6 Å². The number of amides is 1. The van der Waals surface area contributed by atoms with Gasteiger partial charge in [-0.05, 0) is 13.0 Å². The molecule has 2 N–H and O–H groups in total. The maximum Gasteiger partial charge on any atom is 0.301 e. The summed E-state index contributed by atoms with van der Waals surface area (Å²) in [7, 11) is 0. The highest BCUT2D eigenvalue weighted by Crippen LogP contribution is 2.22. The summed E-state index contributed by atoms with van der Waals surface area (Å²) in [6.45, 7) is 7.04. The average Bonchev–Trinajstić information content (AvgIpc) is 2.47. The Bertz CT molecular complexity index is 388. The molecule has 1 aromatic heterocycles. The van der Waals surface area contributed by atoms with Crippen LogP contribution in [0.5, 0.6) is 0 Å². The molecule has 2 rings (SSSR count). The highest BCUT2D eigenvalue weighted by Gasteiger charge is 2.26. The zero-order valence-corrected chi connectivity index (χ0v) is 9.83. The Hall–Kier alpha value is -1.36. The molecule has 1 atom stereocenters. The van der Waals surface area contributed by atoms with Crippen LogP contribution in [0.3, 0.4) is 0 Å². The molecule has 5 nitrogen and oxygen atoms in total. The number of carbonyl (C=O) groups is 1. The van der Waals surface area contributed by atoms with Crippen LogP contribution in [0.25, 0.3) is 0 Å². The summed E-state index contributed by atoms with van der Waals surface area (Å²) >= 11 is 0. The van der Waals surface area contributed by atoms with Crippen molar-refractivity contribution in [2.24, 2.45) is 0 Å². The Labute approximate surface area is 94.6 Å². The van der Waals surface area contributed by atoms with Crippen LogP contribution in [0.4, 0.5) is 6.01 Å². The Morgan fingerprint density at radius 1 is 1.62 bits per heavy atom. The number of aromatic nitrogens is 1. The first-order chi connectivity index (χ1) is 7.47. The maximum atomic E-state index is 11.6. The van der Waals surface area contributed by atoms with E-state index in [0.29, 0.717) is 0 Å². The predicted molar refractivity (Wildman–Crippen MR) is 60.2 cm³/mol. The summed E-state index contributed by atoms with van der Waals surface area (Å²) in [6, 6.07) is 0.189. The van der Waals surface area contributed by atoms with E-state index in [1.165, 1.54) is 0 Å². The van der Waals surface area contributed by atoms with Gasteiger partial charge in [0.1, 0.15) is 6.26 Å². The molecule has 0 aromatic carbocycles. The zero-order valence-electron chi connectivity index (χ0n) is 9.83. The Kier molecular flexibility index (Phi) is 2.71. The van der Waals surface area contributed by atoms with Gasteiger partial charge in [0.15, 0.2) is 0 Å². The van der Waals surface area contributed by atoms with Crippen molar-refractivity contribution < 1.29 is 9.21 Å². The molecule has 1 amide bonds. The van der Waals surface area contributed by atoms with Crippen molar-refractivity contribution in [3.05, 3.63) is 12.0 Å². The topological polar surface area (TPSA) is 67.2 Å². The summed E-state index contributed by atoms with van der Waals surface area (Å²) in [5.41, 5.74) is 0.769. The molecule has 2 heterocycles. The van der Waals surface area contributed by atoms with Gasteiger partial charge in [0, 0.05) is 5.41 Å². The van der Waals surface area contributed by atoms with E-state index in [1.54, 1.807) is 6.26 Å². The van der Waals surface area contributed by atoms with Crippen LogP contribution < -0.4 is 10.6 Å². The SMILES string of the molecule is CC(C)(C)c1coc(NC(=O)[C@@H]2CCN2)n1. The molecule has 5 heteroatoms. The van der Waals surface area contributed by atoms with Crippen molar-refractivity contribution in [3.8, 4) is 0 Å². The molecule has 88 valence electrons. The van der Waals surface area contributed by atoms with E-state index >= 15 is 0 Å². The molecule has 1 aliphatic heterocycles. The number of nitrogens with zero attached hydrogens (tertiary/aromatic N) is 1. The smallest absolute Gasteiger partial charge is 0.301 e. The minimum absolute atomic E-state index is 0.0683. The van der Waals surface area contributed by atoms with Crippen molar-refractivity contribution in [1.82, 2.24) is 10.3 Å². The van der Waals surface area contributed by atoms with E-state index in [4.69, 9.17) is 4.42 Å². The normalized spacial score (nSPS) is 20.3. The maximum absolute atomic E-state index is 11.6. The molecule has 0 aliphatic carbocycles. The molecule has 1 fully saturated rings. The molecule has 0 radical (unpaired) electrons. The number of carbonyl (C=O) groups excluding carboxylic acids is 1. The summed E-state index contributed by atoms with van der Waals surface area (Å²) in [4.78, 5) is 15.8. The van der Waals surface area contributed by atoms with Crippen LogP contribution in [0.1, 0.15) is 32.9 Å². The lowest BCUT2D eigenvalue weighted by Gasteiger charge is -2.25. The zero-order chi connectivity index (χ0) is 11.8. The fraction of sp³-hybridized carbons (Fsp3) is 0.636. The molecule has 1 aliphatic rings. The highest BCUT2D eigenvalue weighted by atomic mass is 16.4. The minimum atomic E-state index is -0.0926. The van der Waals surface area contributed by atoms with E-state index in [1.807, 2.05) is 20.8 Å². The van der Waals surface area contributed by atoms with Crippen LogP contribution in [-0.2, 0) is 10.2 Å². The lowest BCUT2D eigenvalue weighted by molar-refractivity contribution is -0.119. The monoisotopic (exact) mass is 223 g/mol. The first-order valence-electron chi connectivity index (χ1n) is 5.47. The molecule has 0 unspecified atom stereocenters. The van der Waals surface area contributed by atoms with Crippen molar-refractivity contribution in [2.45, 2.75) is 38.6 Å². The van der Waals surface area contributed by atoms with Crippen LogP contribution in [0.15, 0.2) is 10.7 Å². The van der Waals surface area contributed by atoms with Crippen molar-refractivity contribution in [1.29, 1.82) is 0 Å². The van der Waals surface area contributed by atoms with E-state index in [9.17, 15) is 4.79 Å². The predicted octanol–water partition coefficient (Wildman–Crippen LogP) is 1.27. The number of nitrogens with one attached hydrogen (secondary N) is 2. The Morgan fingerprint density at radius 3 is 2.75 bits per heavy atom. The van der Waals surface area contributed by atoms with Gasteiger partial charge in [-0.1, -0.05) is 20.8 Å². The van der Waals surface area contributed by atoms with Crippen molar-refractivity contribution in [3.63, 3.8) is 0 Å². The molecule has 0 spiro atoms. The number of rotatable bonds is 2. The quantitative estimate of drug-likeness (QED) is 0.792. The molecule has 1 aromatic rings. The van der Waals surface area contributed by atoms with Gasteiger partial charge in [0.05, 0.1) is 11.7 Å². The number of hydrogen-bond acceptors (Lipinski definition) is 4. The molecule has 16 heavy (non-hydrogen) atoms. The Morgan fingerprint density at radius 2 is 2.31 bits per heavy atom. The number of hydrogen-bond donors (Lipinski definition) is 2. The molecular weight excluding hydrogens is 206 g/mol. The van der Waals surface area contributed by atoms with E-state index in [-0.39, 0.29) is 23.4 Å². The van der Waals surface area contributed by atoms with Crippen molar-refractivity contribution >= 4 is 11.9 Å². The summed E-state index contributed by atoms with van der Waals surface area (Å²) in [5.74, 6) is -0.0754. The second-order valence-electron chi connectivity index (χ2n) is 5.07. The van der Waals surface area contributed by atoms with Crippen LogP contribution in [-0.4, -0.2) is 23.5 Å². The van der Waals surface area contributed by atoms with Gasteiger partial charge in [0.2, 0.25) is 5.91 Å². The third kappa shape index (κ3) is 2.24. The Balaban J connectivity index is 1.99. The number of anilines is 1. The third-order valence-corrected chi connectivity index (χ3v) is 2.64. The molecule has 0 bridgehead atoms. The third-order valence-electron chi connectivity index (χ3n) is 2.64. The van der Waals surface area contributed by atoms with Crippen LogP contribution >= 0.6 is 0 Å². The van der Waals surface area contributed by atoms with Gasteiger partial charge in [0.25, 0.3) is 0 Å². The minimum Gasteiger partial charge on any atom is -0.432 e. The van der Waals surface area contributed by atoms with Gasteiger partial charge in [-0.3, -0.25) is 10.1 Å². The lowest BCUT2D eigenvalue weighted by Crippen LogP contribution is -2.50. The first kappa shape index (κ1) is 11.1. The summed E-state index contributed by atoms with van der Waals surface area (Å²) in [6.07, 6.45) is 2.46. The highest BCUT2D eigenvalue weighted by molar-refractivity contribution is 5.93. The van der Waals surface area contributed by atoms with Crippen LogP contribution in [0.2, 0.25) is 0 Å². The van der Waals surface area contributed by atoms with Gasteiger partial charge >= 0.3 is 6.01 Å². The van der Waals surface area contributed by atoms with Gasteiger partial charge in [-0.2, -0.15) is 4.98 Å². The van der Waals surface area contributed by atoms with E-state index in [0.717, 1.165) is 18.7 Å². The van der Waals surface area contributed by atoms with Crippen LogP contribution in [0, 0.1) is 0 Å². The average molecular weight is 223 g/mol. The summed E-state index contributed by atoms with van der Waals surface area (Å²) < 4.78 is 5.21. The molecule has 1 saturated heterocycles. The fourth-order valence-electron chi connectivity index (χ4n) is 1.38. The van der Waals surface area contributed by atoms with E-state index < -0.39 is 0 Å². The van der Waals surface area contributed by atoms with Gasteiger partial charge in [-0.25, -0.2) is 0 Å². The fourth-order valence-corrected chi connectivity index (χ4v) is 1.38. The largest absolute Gasteiger partial charge is 0.432 e. The molecule has 0 saturated carbocycles. The van der Waals surface area contributed by atoms with Gasteiger partial charge < -0.3 is 9.73 Å². The standard InChI is InChI=1S/C11H17N3O2/c1-11(2,3)8-6-16-10(13-8)14-9(15)7-4-5-12-7/h6-7,12H,4-5H2,1-3H3,(H,13,14,15)/t7-/m0/s1. The van der Waals surface area contributed by atoms with Crippen molar-refractivity contribution in [2.75, 3.05) is 11.9 Å².